The normalized spacial score (nSPS) is 10.4. The summed E-state index contributed by atoms with van der Waals surface area (Å²) in [5.41, 5.74) is 1.75. The first-order valence-electron chi connectivity index (χ1n) is 7.97. The molecule has 0 atom stereocenters. The maximum Gasteiger partial charge on any atom is 0.339 e. The number of benzene rings is 1. The Bertz CT molecular complexity index is 921. The highest BCUT2D eigenvalue weighted by atomic mass is 16.5. The highest BCUT2D eigenvalue weighted by Gasteiger charge is 2.16. The molecule has 0 radical (unpaired) electrons. The molecule has 0 spiro atoms. The summed E-state index contributed by atoms with van der Waals surface area (Å²) in [6, 6.07) is 8.43. The predicted octanol–water partition coefficient (Wildman–Crippen LogP) is 2.26. The second-order valence-electron chi connectivity index (χ2n) is 5.43. The molecule has 3 aromatic rings. The van der Waals surface area contributed by atoms with Gasteiger partial charge in [-0.1, -0.05) is 13.0 Å². The molecule has 8 nitrogen and oxygen atoms in total. The van der Waals surface area contributed by atoms with E-state index in [2.05, 4.69) is 20.5 Å². The van der Waals surface area contributed by atoms with Crippen LogP contribution in [0.25, 0.3) is 5.82 Å². The highest BCUT2D eigenvalue weighted by Crippen LogP contribution is 2.20. The van der Waals surface area contributed by atoms with E-state index in [0.717, 1.165) is 12.0 Å². The van der Waals surface area contributed by atoms with Crippen LogP contribution >= 0.6 is 0 Å². The number of hydrogen-bond donors (Lipinski definition) is 1. The number of rotatable bonds is 5. The smallest absolute Gasteiger partial charge is 0.339 e. The molecule has 132 valence electrons. The molecular weight excluding hydrogens is 334 g/mol. The van der Waals surface area contributed by atoms with E-state index in [4.69, 9.17) is 4.74 Å². The van der Waals surface area contributed by atoms with Crippen molar-refractivity contribution in [3.8, 4) is 5.82 Å². The van der Waals surface area contributed by atoms with Gasteiger partial charge in [-0.25, -0.2) is 9.78 Å². The monoisotopic (exact) mass is 351 g/mol. The first-order valence-corrected chi connectivity index (χ1v) is 7.97. The quantitative estimate of drug-likeness (QED) is 0.708. The number of imidazole rings is 1. The minimum atomic E-state index is -0.517. The lowest BCUT2D eigenvalue weighted by atomic mass is 10.1. The SMILES string of the molecule is CCc1ccc(NC(=O)c2ccc(-n3ccnc3)nn2)c(C(=O)OC)c1. The highest BCUT2D eigenvalue weighted by molar-refractivity contribution is 6.07. The molecule has 0 fully saturated rings. The Kier molecular flexibility index (Phi) is 5.02. The van der Waals surface area contributed by atoms with Crippen LogP contribution in [-0.4, -0.2) is 38.7 Å². The van der Waals surface area contributed by atoms with Crippen LogP contribution in [0.1, 0.15) is 33.3 Å². The zero-order valence-corrected chi connectivity index (χ0v) is 14.3. The fourth-order valence-electron chi connectivity index (χ4n) is 2.36. The number of esters is 1. The molecule has 26 heavy (non-hydrogen) atoms. The van der Waals surface area contributed by atoms with Crippen molar-refractivity contribution in [3.63, 3.8) is 0 Å². The van der Waals surface area contributed by atoms with Gasteiger partial charge in [0.25, 0.3) is 5.91 Å². The van der Waals surface area contributed by atoms with Crippen LogP contribution in [-0.2, 0) is 11.2 Å². The topological polar surface area (TPSA) is 99.0 Å². The number of amides is 1. The Morgan fingerprint density at radius 2 is 2.04 bits per heavy atom. The Morgan fingerprint density at radius 3 is 2.65 bits per heavy atom. The Balaban J connectivity index is 1.82. The largest absolute Gasteiger partial charge is 0.465 e. The lowest BCUT2D eigenvalue weighted by Crippen LogP contribution is -2.17. The third kappa shape index (κ3) is 3.59. The minimum Gasteiger partial charge on any atom is -0.465 e. The molecule has 1 aromatic carbocycles. The third-order valence-electron chi connectivity index (χ3n) is 3.80. The fraction of sp³-hybridized carbons (Fsp3) is 0.167. The summed E-state index contributed by atoms with van der Waals surface area (Å²) in [5.74, 6) is -0.442. The molecule has 0 aliphatic heterocycles. The summed E-state index contributed by atoms with van der Waals surface area (Å²) >= 11 is 0. The number of nitrogens with one attached hydrogen (secondary N) is 1. The fourth-order valence-corrected chi connectivity index (χ4v) is 2.36. The number of ether oxygens (including phenoxy) is 1. The molecule has 3 rings (SSSR count). The second-order valence-corrected chi connectivity index (χ2v) is 5.43. The van der Waals surface area contributed by atoms with E-state index in [1.165, 1.54) is 7.11 Å². The summed E-state index contributed by atoms with van der Waals surface area (Å²) in [7, 11) is 1.30. The summed E-state index contributed by atoms with van der Waals surface area (Å²) in [4.78, 5) is 28.4. The van der Waals surface area contributed by atoms with E-state index in [1.807, 2.05) is 13.0 Å². The van der Waals surface area contributed by atoms with Crippen molar-refractivity contribution in [1.29, 1.82) is 0 Å². The van der Waals surface area contributed by atoms with Crippen molar-refractivity contribution in [2.45, 2.75) is 13.3 Å². The van der Waals surface area contributed by atoms with Gasteiger partial charge in [-0.2, -0.15) is 0 Å². The Labute approximate surface area is 149 Å². The van der Waals surface area contributed by atoms with Gasteiger partial charge in [0.05, 0.1) is 18.4 Å². The second kappa shape index (κ2) is 7.56. The first kappa shape index (κ1) is 17.3. The summed E-state index contributed by atoms with van der Waals surface area (Å²) < 4.78 is 6.47. The molecule has 0 saturated heterocycles. The van der Waals surface area contributed by atoms with Gasteiger partial charge in [-0.15, -0.1) is 10.2 Å². The maximum absolute atomic E-state index is 12.4. The summed E-state index contributed by atoms with van der Waals surface area (Å²) in [6.45, 7) is 1.98. The average Bonchev–Trinajstić information content (AvgIpc) is 3.22. The molecule has 1 amide bonds. The third-order valence-corrected chi connectivity index (χ3v) is 3.80. The van der Waals surface area contributed by atoms with Crippen LogP contribution in [0.15, 0.2) is 49.1 Å². The Morgan fingerprint density at radius 1 is 1.19 bits per heavy atom. The van der Waals surface area contributed by atoms with Crippen molar-refractivity contribution in [3.05, 3.63) is 65.9 Å². The van der Waals surface area contributed by atoms with Crippen LogP contribution in [0.3, 0.4) is 0 Å². The zero-order valence-electron chi connectivity index (χ0n) is 14.3. The van der Waals surface area contributed by atoms with Crippen LogP contribution in [0.4, 0.5) is 5.69 Å². The molecular formula is C18H17N5O3. The lowest BCUT2D eigenvalue weighted by molar-refractivity contribution is 0.0602. The van der Waals surface area contributed by atoms with Crippen LogP contribution < -0.4 is 5.32 Å². The number of methoxy groups -OCH3 is 1. The zero-order chi connectivity index (χ0) is 18.5. The summed E-state index contributed by atoms with van der Waals surface area (Å²) in [6.07, 6.45) is 5.69. The van der Waals surface area contributed by atoms with Gasteiger partial charge in [0.1, 0.15) is 6.33 Å². The molecule has 2 heterocycles. The van der Waals surface area contributed by atoms with E-state index in [0.29, 0.717) is 17.1 Å². The number of aryl methyl sites for hydroxylation is 1. The predicted molar refractivity (Wildman–Crippen MR) is 94.3 cm³/mol. The Hall–Kier alpha value is -3.55. The van der Waals surface area contributed by atoms with Crippen LogP contribution in [0.2, 0.25) is 0 Å². The van der Waals surface area contributed by atoms with Crippen molar-refractivity contribution < 1.29 is 14.3 Å². The van der Waals surface area contributed by atoms with E-state index in [1.54, 1.807) is 47.6 Å². The molecule has 0 aliphatic carbocycles. The van der Waals surface area contributed by atoms with Gasteiger partial charge in [-0.05, 0) is 36.2 Å². The van der Waals surface area contributed by atoms with Gasteiger partial charge in [-0.3, -0.25) is 9.36 Å². The average molecular weight is 351 g/mol. The van der Waals surface area contributed by atoms with Gasteiger partial charge in [0, 0.05) is 12.4 Å². The van der Waals surface area contributed by atoms with Crippen LogP contribution in [0, 0.1) is 0 Å². The molecule has 8 heteroatoms. The van der Waals surface area contributed by atoms with Gasteiger partial charge in [0.15, 0.2) is 11.5 Å². The van der Waals surface area contributed by atoms with Crippen LogP contribution in [0.5, 0.6) is 0 Å². The standard InChI is InChI=1S/C18H17N5O3/c1-3-12-4-5-14(13(10-12)18(25)26-2)20-17(24)15-6-7-16(22-21-15)23-9-8-19-11-23/h4-11H,3H2,1-2H3,(H,20,24). The van der Waals surface area contributed by atoms with E-state index in [-0.39, 0.29) is 5.69 Å². The van der Waals surface area contributed by atoms with E-state index in [9.17, 15) is 9.59 Å². The van der Waals surface area contributed by atoms with Crippen molar-refractivity contribution >= 4 is 17.6 Å². The molecule has 0 bridgehead atoms. The van der Waals surface area contributed by atoms with Crippen molar-refractivity contribution in [2.24, 2.45) is 0 Å². The van der Waals surface area contributed by atoms with Gasteiger partial charge >= 0.3 is 5.97 Å². The number of nitrogens with zero attached hydrogens (tertiary/aromatic N) is 4. The van der Waals surface area contributed by atoms with Crippen molar-refractivity contribution in [2.75, 3.05) is 12.4 Å². The number of carbonyl (C=O) groups excluding carboxylic acids is 2. The van der Waals surface area contributed by atoms with E-state index >= 15 is 0 Å². The molecule has 0 saturated carbocycles. The summed E-state index contributed by atoms with van der Waals surface area (Å²) in [5, 5.41) is 10.6. The minimum absolute atomic E-state index is 0.129. The number of aromatic nitrogens is 4. The van der Waals surface area contributed by atoms with E-state index < -0.39 is 11.9 Å². The van der Waals surface area contributed by atoms with Gasteiger partial charge < -0.3 is 10.1 Å². The maximum atomic E-state index is 12.4. The van der Waals surface area contributed by atoms with Gasteiger partial charge in [0.2, 0.25) is 0 Å². The number of hydrogen-bond acceptors (Lipinski definition) is 6. The molecule has 0 aliphatic rings. The lowest BCUT2D eigenvalue weighted by Gasteiger charge is -2.11. The molecule has 2 aromatic heterocycles. The molecule has 1 N–H and O–H groups in total. The van der Waals surface area contributed by atoms with Crippen molar-refractivity contribution in [1.82, 2.24) is 19.7 Å². The first-order chi connectivity index (χ1) is 12.6. The number of carbonyl (C=O) groups is 2. The molecule has 0 unspecified atom stereocenters. The number of anilines is 1.